The molecule has 32 heavy (non-hydrogen) atoms. The SMILES string of the molecule is CCn1c(=O)c(=O)[nH]c2cc(C(=O)NCC(c3ccccc3)N3CCC(C)CC3)ccc21. The molecule has 0 radical (unpaired) electrons. The van der Waals surface area contributed by atoms with Gasteiger partial charge < -0.3 is 14.9 Å². The average molecular weight is 435 g/mol. The molecule has 4 rings (SSSR count). The van der Waals surface area contributed by atoms with Gasteiger partial charge in [0.1, 0.15) is 0 Å². The first kappa shape index (κ1) is 22.0. The van der Waals surface area contributed by atoms with E-state index < -0.39 is 11.1 Å². The van der Waals surface area contributed by atoms with Gasteiger partial charge in [-0.1, -0.05) is 37.3 Å². The quantitative estimate of drug-likeness (QED) is 0.584. The first-order valence-electron chi connectivity index (χ1n) is 11.3. The van der Waals surface area contributed by atoms with Crippen LogP contribution in [-0.4, -0.2) is 40.0 Å². The molecule has 0 bridgehead atoms. The second kappa shape index (κ2) is 9.53. The summed E-state index contributed by atoms with van der Waals surface area (Å²) in [5, 5.41) is 3.08. The van der Waals surface area contributed by atoms with Crippen molar-refractivity contribution in [3.8, 4) is 0 Å². The maximum Gasteiger partial charge on any atom is 0.316 e. The number of aromatic nitrogens is 2. The molecule has 1 aromatic heterocycles. The predicted molar refractivity (Wildman–Crippen MR) is 126 cm³/mol. The Hall–Kier alpha value is -3.19. The maximum absolute atomic E-state index is 13.0. The Morgan fingerprint density at radius 1 is 1.12 bits per heavy atom. The van der Waals surface area contributed by atoms with E-state index in [1.165, 1.54) is 10.1 Å². The molecule has 2 aromatic carbocycles. The predicted octanol–water partition coefficient (Wildman–Crippen LogP) is 2.91. The van der Waals surface area contributed by atoms with Gasteiger partial charge in [-0.05, 0) is 62.5 Å². The lowest BCUT2D eigenvalue weighted by molar-refractivity contribution is 0.0913. The van der Waals surface area contributed by atoms with Gasteiger partial charge >= 0.3 is 11.1 Å². The summed E-state index contributed by atoms with van der Waals surface area (Å²) in [4.78, 5) is 42.0. The zero-order valence-electron chi connectivity index (χ0n) is 18.6. The number of hydrogen-bond acceptors (Lipinski definition) is 4. The molecule has 0 saturated carbocycles. The minimum Gasteiger partial charge on any atom is -0.350 e. The molecule has 1 atom stereocenters. The van der Waals surface area contributed by atoms with Crippen molar-refractivity contribution in [2.45, 2.75) is 39.3 Å². The van der Waals surface area contributed by atoms with E-state index in [9.17, 15) is 14.4 Å². The van der Waals surface area contributed by atoms with Gasteiger partial charge in [-0.2, -0.15) is 0 Å². The Balaban J connectivity index is 1.55. The zero-order chi connectivity index (χ0) is 22.7. The molecule has 3 aromatic rings. The first-order valence-corrected chi connectivity index (χ1v) is 11.3. The normalized spacial score (nSPS) is 16.2. The van der Waals surface area contributed by atoms with E-state index in [0.717, 1.165) is 31.8 Å². The molecule has 1 aliphatic rings. The zero-order valence-corrected chi connectivity index (χ0v) is 18.6. The maximum atomic E-state index is 13.0. The van der Waals surface area contributed by atoms with Crippen molar-refractivity contribution in [1.82, 2.24) is 19.8 Å². The first-order chi connectivity index (χ1) is 15.5. The lowest BCUT2D eigenvalue weighted by atomic mass is 9.95. The van der Waals surface area contributed by atoms with Crippen LogP contribution >= 0.6 is 0 Å². The molecule has 0 spiro atoms. The fourth-order valence-corrected chi connectivity index (χ4v) is 4.50. The van der Waals surface area contributed by atoms with Crippen molar-refractivity contribution in [2.24, 2.45) is 5.92 Å². The van der Waals surface area contributed by atoms with Crippen molar-refractivity contribution < 1.29 is 4.79 Å². The minimum absolute atomic E-state index is 0.109. The monoisotopic (exact) mass is 434 g/mol. The molecule has 7 nitrogen and oxygen atoms in total. The fraction of sp³-hybridized carbons (Fsp3) is 0.400. The standard InChI is InChI=1S/C25H30N4O3/c1-3-29-21-10-9-19(15-20(21)27-24(31)25(29)32)23(30)26-16-22(18-7-5-4-6-8-18)28-13-11-17(2)12-14-28/h4-10,15,17,22H,3,11-14,16H2,1-2H3,(H,26,30)(H,27,31). The number of nitrogens with zero attached hydrogens (tertiary/aromatic N) is 2. The summed E-state index contributed by atoms with van der Waals surface area (Å²) < 4.78 is 1.42. The van der Waals surface area contributed by atoms with E-state index in [1.54, 1.807) is 18.2 Å². The van der Waals surface area contributed by atoms with Gasteiger partial charge in [0.25, 0.3) is 5.91 Å². The second-order valence-electron chi connectivity index (χ2n) is 8.59. The van der Waals surface area contributed by atoms with E-state index in [2.05, 4.69) is 34.3 Å². The Kier molecular flexibility index (Phi) is 6.55. The van der Waals surface area contributed by atoms with Gasteiger partial charge in [-0.3, -0.25) is 19.3 Å². The molecule has 1 amide bonds. The van der Waals surface area contributed by atoms with Crippen LogP contribution in [0, 0.1) is 5.92 Å². The van der Waals surface area contributed by atoms with Crippen molar-refractivity contribution >= 4 is 16.9 Å². The Morgan fingerprint density at radius 3 is 2.53 bits per heavy atom. The van der Waals surface area contributed by atoms with Crippen molar-refractivity contribution in [2.75, 3.05) is 19.6 Å². The minimum atomic E-state index is -0.680. The van der Waals surface area contributed by atoms with Gasteiger partial charge in [0.15, 0.2) is 0 Å². The van der Waals surface area contributed by atoms with Crippen molar-refractivity contribution in [1.29, 1.82) is 0 Å². The summed E-state index contributed by atoms with van der Waals surface area (Å²) in [6.07, 6.45) is 2.32. The molecule has 1 unspecified atom stereocenters. The number of carbonyl (C=O) groups is 1. The number of rotatable bonds is 6. The molecule has 2 N–H and O–H groups in total. The van der Waals surface area contributed by atoms with Gasteiger partial charge in [0, 0.05) is 18.7 Å². The summed E-state index contributed by atoms with van der Waals surface area (Å²) >= 11 is 0. The molecular formula is C25H30N4O3. The number of piperidine rings is 1. The van der Waals surface area contributed by atoms with Gasteiger partial charge in [-0.25, -0.2) is 0 Å². The highest BCUT2D eigenvalue weighted by molar-refractivity contribution is 5.97. The van der Waals surface area contributed by atoms with Crippen LogP contribution in [0.1, 0.15) is 48.7 Å². The number of likely N-dealkylation sites (tertiary alicyclic amines) is 1. The number of fused-ring (bicyclic) bond motifs is 1. The molecule has 1 saturated heterocycles. The number of aromatic amines is 1. The number of H-pyrrole nitrogens is 1. The third-order valence-corrected chi connectivity index (χ3v) is 6.45. The number of hydrogen-bond donors (Lipinski definition) is 2. The highest BCUT2D eigenvalue weighted by atomic mass is 16.2. The molecule has 2 heterocycles. The number of amides is 1. The second-order valence-corrected chi connectivity index (χ2v) is 8.59. The van der Waals surface area contributed by atoms with Crippen LogP contribution in [0.15, 0.2) is 58.1 Å². The van der Waals surface area contributed by atoms with Crippen molar-refractivity contribution in [3.63, 3.8) is 0 Å². The van der Waals surface area contributed by atoms with Gasteiger partial charge in [-0.15, -0.1) is 0 Å². The largest absolute Gasteiger partial charge is 0.350 e. The van der Waals surface area contributed by atoms with Crippen LogP contribution < -0.4 is 16.4 Å². The lowest BCUT2D eigenvalue weighted by Gasteiger charge is -2.37. The topological polar surface area (TPSA) is 87.2 Å². The summed E-state index contributed by atoms with van der Waals surface area (Å²) in [5.41, 5.74) is 1.47. The lowest BCUT2D eigenvalue weighted by Crippen LogP contribution is -2.42. The average Bonchev–Trinajstić information content (AvgIpc) is 2.81. The van der Waals surface area contributed by atoms with Crippen LogP contribution in [0.5, 0.6) is 0 Å². The Morgan fingerprint density at radius 2 is 1.84 bits per heavy atom. The third-order valence-electron chi connectivity index (χ3n) is 6.45. The molecule has 7 heteroatoms. The number of benzene rings is 2. The number of carbonyl (C=O) groups excluding carboxylic acids is 1. The third kappa shape index (κ3) is 4.53. The molecule has 1 aliphatic heterocycles. The van der Waals surface area contributed by atoms with Crippen LogP contribution in [-0.2, 0) is 6.54 Å². The van der Waals surface area contributed by atoms with E-state index in [-0.39, 0.29) is 11.9 Å². The van der Waals surface area contributed by atoms with E-state index in [4.69, 9.17) is 0 Å². The van der Waals surface area contributed by atoms with Crippen molar-refractivity contribution in [3.05, 3.63) is 80.4 Å². The smallest absolute Gasteiger partial charge is 0.316 e. The van der Waals surface area contributed by atoms with Crippen LogP contribution in [0.25, 0.3) is 11.0 Å². The van der Waals surface area contributed by atoms with E-state index in [1.807, 2.05) is 25.1 Å². The fourth-order valence-electron chi connectivity index (χ4n) is 4.50. The van der Waals surface area contributed by atoms with E-state index >= 15 is 0 Å². The summed E-state index contributed by atoms with van der Waals surface area (Å²) in [7, 11) is 0. The van der Waals surface area contributed by atoms with Gasteiger partial charge in [0.05, 0.1) is 17.1 Å². The van der Waals surface area contributed by atoms with E-state index in [0.29, 0.717) is 29.7 Å². The molecule has 1 fully saturated rings. The Labute approximate surface area is 187 Å². The highest BCUT2D eigenvalue weighted by Gasteiger charge is 2.25. The molecule has 168 valence electrons. The Bertz CT molecular complexity index is 1210. The van der Waals surface area contributed by atoms with Crippen LogP contribution in [0.2, 0.25) is 0 Å². The summed E-state index contributed by atoms with van der Waals surface area (Å²) in [6, 6.07) is 15.4. The van der Waals surface area contributed by atoms with Crippen LogP contribution in [0.4, 0.5) is 0 Å². The number of nitrogens with one attached hydrogen (secondary N) is 2. The molecular weight excluding hydrogens is 404 g/mol. The number of aryl methyl sites for hydroxylation is 1. The van der Waals surface area contributed by atoms with Crippen LogP contribution in [0.3, 0.4) is 0 Å². The summed E-state index contributed by atoms with van der Waals surface area (Å²) in [6.45, 7) is 7.02. The summed E-state index contributed by atoms with van der Waals surface area (Å²) in [5.74, 6) is 0.533. The van der Waals surface area contributed by atoms with Gasteiger partial charge in [0.2, 0.25) is 0 Å². The highest BCUT2D eigenvalue weighted by Crippen LogP contribution is 2.26. The molecule has 0 aliphatic carbocycles.